The minimum atomic E-state index is 0.0750. The van der Waals surface area contributed by atoms with Crippen LogP contribution in [0.2, 0.25) is 0 Å². The second-order valence-electron chi connectivity index (χ2n) is 5.35. The molecule has 0 aliphatic heterocycles. The van der Waals surface area contributed by atoms with E-state index in [2.05, 4.69) is 4.98 Å². The first-order valence-corrected chi connectivity index (χ1v) is 8.30. The average molecular weight is 323 g/mol. The van der Waals surface area contributed by atoms with Crippen LogP contribution >= 0.6 is 11.8 Å². The van der Waals surface area contributed by atoms with E-state index in [9.17, 15) is 9.90 Å². The van der Waals surface area contributed by atoms with Gasteiger partial charge in [0.2, 0.25) is 0 Å². The fourth-order valence-electron chi connectivity index (χ4n) is 2.47. The van der Waals surface area contributed by atoms with Gasteiger partial charge >= 0.3 is 0 Å². The topological polar surface area (TPSA) is 50.2 Å². The lowest BCUT2D eigenvalue weighted by Gasteiger charge is -2.11. The van der Waals surface area contributed by atoms with Gasteiger partial charge in [0.15, 0.2) is 5.78 Å². The van der Waals surface area contributed by atoms with Crippen LogP contribution in [0.25, 0.3) is 10.9 Å². The Morgan fingerprint density at radius 3 is 2.74 bits per heavy atom. The summed E-state index contributed by atoms with van der Waals surface area (Å²) in [5.74, 6) is 0.293. The number of aromatic nitrogens is 1. The molecule has 0 radical (unpaired) electrons. The summed E-state index contributed by atoms with van der Waals surface area (Å²) in [6.07, 6.45) is 2.21. The number of phenolic OH excluding ortho intramolecular Hbond substituents is 1. The first-order chi connectivity index (χ1) is 11.1. The number of hydrogen-bond acceptors (Lipinski definition) is 4. The Bertz CT molecular complexity index is 884. The number of ketones is 1. The zero-order valence-corrected chi connectivity index (χ0v) is 13.9. The molecule has 2 aromatic carbocycles. The molecule has 0 saturated heterocycles. The van der Waals surface area contributed by atoms with Crippen LogP contribution in [0.15, 0.2) is 58.5 Å². The van der Waals surface area contributed by atoms with Crippen LogP contribution in [0.5, 0.6) is 5.75 Å². The number of carbonyl (C=O) groups excluding carboxylic acids is 1. The normalized spacial score (nSPS) is 10.9. The number of para-hydroxylation sites is 1. The summed E-state index contributed by atoms with van der Waals surface area (Å²) in [6.45, 7) is 3.65. The van der Waals surface area contributed by atoms with Gasteiger partial charge in [-0.1, -0.05) is 36.9 Å². The molecule has 23 heavy (non-hydrogen) atoms. The average Bonchev–Trinajstić information content (AvgIpc) is 2.58. The van der Waals surface area contributed by atoms with Crippen LogP contribution in [0.1, 0.15) is 29.3 Å². The molecular weight excluding hydrogens is 306 g/mol. The third-order valence-corrected chi connectivity index (χ3v) is 4.80. The van der Waals surface area contributed by atoms with E-state index < -0.39 is 0 Å². The molecule has 0 aliphatic rings. The largest absolute Gasteiger partial charge is 0.506 e. The molecule has 0 unspecified atom stereocenters. The molecule has 4 heteroatoms. The predicted octanol–water partition coefficient (Wildman–Crippen LogP) is 4.99. The fourth-order valence-corrected chi connectivity index (χ4v) is 3.56. The molecule has 0 fully saturated rings. The molecule has 3 nitrogen and oxygen atoms in total. The molecule has 1 aromatic heterocycles. The molecule has 1 N–H and O–H groups in total. The van der Waals surface area contributed by atoms with Crippen LogP contribution in [0.4, 0.5) is 0 Å². The molecule has 3 rings (SSSR count). The number of fused-ring (bicyclic) bond motifs is 1. The number of phenols is 1. The number of aromatic hydroxyl groups is 1. The Kier molecular flexibility index (Phi) is 4.35. The zero-order chi connectivity index (χ0) is 16.4. The lowest BCUT2D eigenvalue weighted by atomic mass is 10.1. The van der Waals surface area contributed by atoms with E-state index in [0.717, 1.165) is 15.8 Å². The molecule has 0 amide bonds. The van der Waals surface area contributed by atoms with E-state index in [-0.39, 0.29) is 11.5 Å². The highest BCUT2D eigenvalue weighted by Crippen LogP contribution is 2.39. The monoisotopic (exact) mass is 323 g/mol. The smallest absolute Gasteiger partial charge is 0.162 e. The van der Waals surface area contributed by atoms with Crippen LogP contribution in [0.3, 0.4) is 0 Å². The highest BCUT2D eigenvalue weighted by Gasteiger charge is 2.13. The summed E-state index contributed by atoms with van der Waals surface area (Å²) in [5.41, 5.74) is 2.24. The van der Waals surface area contributed by atoms with Gasteiger partial charge in [0.05, 0.1) is 10.4 Å². The van der Waals surface area contributed by atoms with Gasteiger partial charge < -0.3 is 5.11 Å². The lowest BCUT2D eigenvalue weighted by molar-refractivity contribution is 0.0988. The predicted molar refractivity (Wildman–Crippen MR) is 93.3 cm³/mol. The summed E-state index contributed by atoms with van der Waals surface area (Å²) >= 11 is 1.44. The van der Waals surface area contributed by atoms with Crippen LogP contribution < -0.4 is 0 Å². The second-order valence-corrected chi connectivity index (χ2v) is 6.43. The van der Waals surface area contributed by atoms with Gasteiger partial charge in [0.1, 0.15) is 5.75 Å². The van der Waals surface area contributed by atoms with Gasteiger partial charge in [-0.25, -0.2) is 0 Å². The first-order valence-electron chi connectivity index (χ1n) is 7.48. The number of hydrogen-bond donors (Lipinski definition) is 1. The van der Waals surface area contributed by atoms with Gasteiger partial charge in [0.25, 0.3) is 0 Å². The van der Waals surface area contributed by atoms with Crippen molar-refractivity contribution in [1.29, 1.82) is 0 Å². The molecule has 3 aromatic rings. The van der Waals surface area contributed by atoms with Gasteiger partial charge in [-0.3, -0.25) is 9.78 Å². The quantitative estimate of drug-likeness (QED) is 0.687. The Morgan fingerprint density at radius 1 is 1.17 bits per heavy atom. The Morgan fingerprint density at radius 2 is 1.96 bits per heavy atom. The van der Waals surface area contributed by atoms with E-state index in [1.807, 2.05) is 44.2 Å². The van der Waals surface area contributed by atoms with Gasteiger partial charge in [0, 0.05) is 28.5 Å². The summed E-state index contributed by atoms with van der Waals surface area (Å²) in [5, 5.41) is 11.4. The number of rotatable bonds is 4. The van der Waals surface area contributed by atoms with Crippen molar-refractivity contribution < 1.29 is 9.90 Å². The third kappa shape index (κ3) is 3.08. The zero-order valence-electron chi connectivity index (χ0n) is 13.0. The van der Waals surface area contributed by atoms with E-state index >= 15 is 0 Å². The maximum Gasteiger partial charge on any atom is 0.162 e. The van der Waals surface area contributed by atoms with Crippen molar-refractivity contribution in [3.8, 4) is 5.75 Å². The molecule has 0 bridgehead atoms. The molecule has 116 valence electrons. The highest BCUT2D eigenvalue weighted by atomic mass is 32.2. The maximum absolute atomic E-state index is 12.0. The Balaban J connectivity index is 2.08. The fraction of sp³-hybridized carbons (Fsp3) is 0.158. The summed E-state index contributed by atoms with van der Waals surface area (Å²) in [4.78, 5) is 18.1. The first kappa shape index (κ1) is 15.6. The van der Waals surface area contributed by atoms with Crippen LogP contribution in [-0.4, -0.2) is 15.9 Å². The Labute approximate surface area is 139 Å². The highest BCUT2D eigenvalue weighted by molar-refractivity contribution is 7.99. The van der Waals surface area contributed by atoms with Gasteiger partial charge in [-0.2, -0.15) is 0 Å². The standard InChI is InChI=1S/C19H17NO2S/c1-3-15(21)14-10-12(2)19(22)17(11-14)23-16-8-4-6-13-7-5-9-20-18(13)16/h4-11,22H,3H2,1-2H3. The van der Waals surface area contributed by atoms with Gasteiger partial charge in [-0.15, -0.1) is 0 Å². The van der Waals surface area contributed by atoms with E-state index in [1.165, 1.54) is 11.8 Å². The van der Waals surface area contributed by atoms with Crippen molar-refractivity contribution in [2.45, 2.75) is 30.1 Å². The number of Topliss-reactive ketones (excluding diaryl/α,β-unsaturated/α-hetero) is 1. The number of aryl methyl sites for hydroxylation is 1. The van der Waals surface area contributed by atoms with Crippen molar-refractivity contribution >= 4 is 28.4 Å². The summed E-state index contributed by atoms with van der Waals surface area (Å²) in [6, 6.07) is 13.4. The minimum absolute atomic E-state index is 0.0750. The number of pyridine rings is 1. The van der Waals surface area contributed by atoms with Crippen LogP contribution in [0, 0.1) is 6.92 Å². The lowest BCUT2D eigenvalue weighted by Crippen LogP contribution is -1.98. The molecule has 0 aliphatic carbocycles. The molecule has 0 atom stereocenters. The van der Waals surface area contributed by atoms with Crippen molar-refractivity contribution in [3.05, 3.63) is 59.8 Å². The molecular formula is C19H17NO2S. The van der Waals surface area contributed by atoms with E-state index in [4.69, 9.17) is 0 Å². The summed E-state index contributed by atoms with van der Waals surface area (Å²) < 4.78 is 0. The Hall–Kier alpha value is -2.33. The molecule has 0 spiro atoms. The third-order valence-electron chi connectivity index (χ3n) is 3.72. The molecule has 0 saturated carbocycles. The second kappa shape index (κ2) is 6.42. The number of nitrogens with zero attached hydrogens (tertiary/aromatic N) is 1. The summed E-state index contributed by atoms with van der Waals surface area (Å²) in [7, 11) is 0. The number of benzene rings is 2. The van der Waals surface area contributed by atoms with Crippen molar-refractivity contribution in [2.75, 3.05) is 0 Å². The SMILES string of the molecule is CCC(=O)c1cc(C)c(O)c(Sc2cccc3cccnc23)c1. The van der Waals surface area contributed by atoms with E-state index in [0.29, 0.717) is 22.4 Å². The van der Waals surface area contributed by atoms with Gasteiger partial charge in [-0.05, 0) is 36.8 Å². The van der Waals surface area contributed by atoms with Crippen molar-refractivity contribution in [2.24, 2.45) is 0 Å². The number of carbonyl (C=O) groups is 1. The van der Waals surface area contributed by atoms with E-state index in [1.54, 1.807) is 18.3 Å². The minimum Gasteiger partial charge on any atom is -0.506 e. The maximum atomic E-state index is 12.0. The van der Waals surface area contributed by atoms with Crippen molar-refractivity contribution in [1.82, 2.24) is 4.98 Å². The van der Waals surface area contributed by atoms with Crippen LogP contribution in [-0.2, 0) is 0 Å². The molecule has 1 heterocycles. The van der Waals surface area contributed by atoms with Crippen molar-refractivity contribution in [3.63, 3.8) is 0 Å².